The van der Waals surface area contributed by atoms with Crippen molar-refractivity contribution in [3.8, 4) is 22.6 Å². The van der Waals surface area contributed by atoms with Crippen LogP contribution in [0.4, 0.5) is 0 Å². The first-order valence-electron chi connectivity index (χ1n) is 10.1. The molecule has 4 rings (SSSR count). The summed E-state index contributed by atoms with van der Waals surface area (Å²) in [7, 11) is -4.67. The molecule has 4 aromatic rings. The Hall–Kier alpha value is -3.70. The van der Waals surface area contributed by atoms with Crippen LogP contribution in [0, 0.1) is 0 Å². The number of rotatable bonds is 6. The van der Waals surface area contributed by atoms with Crippen LogP contribution >= 0.6 is 0 Å². The maximum Gasteiger partial charge on any atom is 0.394 e. The number of aryl methyl sites for hydroxylation is 1. The Labute approximate surface area is 195 Å². The quantitative estimate of drug-likeness (QED) is 0.200. The predicted octanol–water partition coefficient (Wildman–Crippen LogP) is 4.01. The van der Waals surface area contributed by atoms with Crippen molar-refractivity contribution in [1.82, 2.24) is 0 Å². The number of carbonyl (C=O) groups is 1. The highest BCUT2D eigenvalue weighted by atomic mass is 32.3. The molecular weight excluding hydrogens is 464 g/mol. The number of fused-ring (bicyclic) bond motifs is 1. The second-order valence-electron chi connectivity index (χ2n) is 7.30. The lowest BCUT2D eigenvalue weighted by Gasteiger charge is -2.06. The molecule has 0 unspecified atom stereocenters. The predicted molar refractivity (Wildman–Crippen MR) is 124 cm³/mol. The molecule has 0 radical (unpaired) electrons. The average molecular weight is 486 g/mol. The fourth-order valence-corrected chi connectivity index (χ4v) is 3.44. The van der Waals surface area contributed by atoms with E-state index in [1.807, 2.05) is 6.07 Å². The second-order valence-corrected chi connectivity index (χ2v) is 8.20. The van der Waals surface area contributed by atoms with Crippen molar-refractivity contribution in [2.45, 2.75) is 12.8 Å². The van der Waals surface area contributed by atoms with Crippen molar-refractivity contribution in [3.05, 3.63) is 83.6 Å². The molecule has 3 aromatic carbocycles. The molecule has 0 amide bonds. The van der Waals surface area contributed by atoms with E-state index < -0.39 is 10.4 Å². The standard InChI is InChI=1S/C24H20O5.H2O4S/c25-12-4-7-17-13-19-21(14-20(17)27)29-24(23(28)16-5-2-1-3-6-16)22(19)15-8-10-18(26)11-9-15;1-5(2,3)4/h1-3,5-6,8-11,13-14,25-27H,4,7,12H2;(H2,1,2,3,4). The van der Waals surface area contributed by atoms with Crippen LogP contribution in [-0.4, -0.2) is 45.2 Å². The third-order valence-electron chi connectivity index (χ3n) is 4.89. The van der Waals surface area contributed by atoms with Crippen LogP contribution in [-0.2, 0) is 16.8 Å². The highest BCUT2D eigenvalue weighted by molar-refractivity contribution is 7.79. The third kappa shape index (κ3) is 6.21. The number of hydrogen-bond donors (Lipinski definition) is 5. The van der Waals surface area contributed by atoms with E-state index in [4.69, 9.17) is 27.0 Å². The fraction of sp³-hybridized carbons (Fsp3) is 0.125. The van der Waals surface area contributed by atoms with E-state index in [1.54, 1.807) is 54.6 Å². The van der Waals surface area contributed by atoms with Gasteiger partial charge in [0.2, 0.25) is 5.78 Å². The van der Waals surface area contributed by atoms with Gasteiger partial charge in [-0.1, -0.05) is 42.5 Å². The lowest BCUT2D eigenvalue weighted by atomic mass is 9.96. The number of phenols is 2. The number of carbonyl (C=O) groups excluding carboxylic acids is 1. The number of furan rings is 1. The van der Waals surface area contributed by atoms with Crippen LogP contribution in [0.5, 0.6) is 11.5 Å². The summed E-state index contributed by atoms with van der Waals surface area (Å²) in [6.07, 6.45) is 1.02. The zero-order chi connectivity index (χ0) is 24.9. The maximum absolute atomic E-state index is 13.2. The van der Waals surface area contributed by atoms with Gasteiger partial charge in [0.15, 0.2) is 5.76 Å². The summed E-state index contributed by atoms with van der Waals surface area (Å²) >= 11 is 0. The largest absolute Gasteiger partial charge is 0.508 e. The zero-order valence-electron chi connectivity index (χ0n) is 17.7. The molecule has 9 nitrogen and oxygen atoms in total. The first kappa shape index (κ1) is 24.9. The van der Waals surface area contributed by atoms with Crippen LogP contribution in [0.25, 0.3) is 22.1 Å². The lowest BCUT2D eigenvalue weighted by molar-refractivity contribution is 0.101. The average Bonchev–Trinajstić information content (AvgIpc) is 3.15. The highest BCUT2D eigenvalue weighted by Gasteiger charge is 2.24. The number of ketones is 1. The molecule has 1 heterocycles. The minimum atomic E-state index is -4.67. The van der Waals surface area contributed by atoms with E-state index >= 15 is 0 Å². The van der Waals surface area contributed by atoms with Crippen molar-refractivity contribution in [2.24, 2.45) is 0 Å². The minimum absolute atomic E-state index is 0.0193. The van der Waals surface area contributed by atoms with Crippen molar-refractivity contribution in [3.63, 3.8) is 0 Å². The van der Waals surface area contributed by atoms with Crippen molar-refractivity contribution < 1.29 is 42.1 Å². The molecule has 34 heavy (non-hydrogen) atoms. The van der Waals surface area contributed by atoms with Crippen molar-refractivity contribution in [2.75, 3.05) is 6.61 Å². The first-order chi connectivity index (χ1) is 16.1. The molecule has 0 bridgehead atoms. The van der Waals surface area contributed by atoms with Crippen LogP contribution < -0.4 is 0 Å². The normalized spacial score (nSPS) is 11.1. The van der Waals surface area contributed by atoms with E-state index in [1.165, 1.54) is 6.07 Å². The van der Waals surface area contributed by atoms with E-state index in [-0.39, 0.29) is 29.6 Å². The Kier molecular flexibility index (Phi) is 7.69. The summed E-state index contributed by atoms with van der Waals surface area (Å²) in [4.78, 5) is 13.2. The topological polar surface area (TPSA) is 165 Å². The molecule has 0 aliphatic carbocycles. The van der Waals surface area contributed by atoms with Gasteiger partial charge in [0.1, 0.15) is 17.1 Å². The summed E-state index contributed by atoms with van der Waals surface area (Å²) in [5.74, 6) is 0.103. The molecule has 0 aliphatic heterocycles. The molecule has 0 saturated heterocycles. The minimum Gasteiger partial charge on any atom is -0.508 e. The second kappa shape index (κ2) is 10.5. The van der Waals surface area contributed by atoms with Crippen LogP contribution in [0.3, 0.4) is 0 Å². The number of aromatic hydroxyl groups is 2. The molecule has 0 atom stereocenters. The Morgan fingerprint density at radius 1 is 0.912 bits per heavy atom. The van der Waals surface area contributed by atoms with E-state index in [2.05, 4.69) is 0 Å². The smallest absolute Gasteiger partial charge is 0.394 e. The Morgan fingerprint density at radius 3 is 2.12 bits per heavy atom. The number of hydrogen-bond acceptors (Lipinski definition) is 7. The van der Waals surface area contributed by atoms with E-state index in [0.717, 1.165) is 5.56 Å². The highest BCUT2D eigenvalue weighted by Crippen LogP contribution is 2.39. The third-order valence-corrected chi connectivity index (χ3v) is 4.89. The summed E-state index contributed by atoms with van der Waals surface area (Å²) in [6.45, 7) is 0.0193. The SMILES string of the molecule is O=C(c1ccccc1)c1oc2cc(O)c(CCCO)cc2c1-c1ccc(O)cc1.O=S(=O)(O)O. The van der Waals surface area contributed by atoms with Crippen LogP contribution in [0.15, 0.2) is 71.1 Å². The van der Waals surface area contributed by atoms with Crippen molar-refractivity contribution in [1.29, 1.82) is 0 Å². The van der Waals surface area contributed by atoms with E-state index in [0.29, 0.717) is 40.5 Å². The number of phenolic OH excluding ortho intramolecular Hbond substituents is 2. The molecular formula is C24H22O9S. The maximum atomic E-state index is 13.2. The molecule has 1 aromatic heterocycles. The van der Waals surface area contributed by atoms with Gasteiger partial charge in [0.25, 0.3) is 0 Å². The Morgan fingerprint density at radius 2 is 1.53 bits per heavy atom. The monoisotopic (exact) mass is 486 g/mol. The molecule has 5 N–H and O–H groups in total. The molecule has 0 spiro atoms. The molecule has 0 saturated carbocycles. The zero-order valence-corrected chi connectivity index (χ0v) is 18.6. The van der Waals surface area contributed by atoms with Gasteiger partial charge in [-0.3, -0.25) is 13.9 Å². The van der Waals surface area contributed by atoms with Gasteiger partial charge in [-0.05, 0) is 42.2 Å². The van der Waals surface area contributed by atoms with Gasteiger partial charge in [-0.2, -0.15) is 8.42 Å². The lowest BCUT2D eigenvalue weighted by Crippen LogP contribution is -2.01. The van der Waals surface area contributed by atoms with Gasteiger partial charge in [0.05, 0.1) is 0 Å². The van der Waals surface area contributed by atoms with Gasteiger partial charge in [0, 0.05) is 29.2 Å². The van der Waals surface area contributed by atoms with Gasteiger partial charge in [-0.25, -0.2) is 0 Å². The van der Waals surface area contributed by atoms with Crippen molar-refractivity contribution >= 4 is 27.2 Å². The summed E-state index contributed by atoms with van der Waals surface area (Å²) in [5.41, 5.74) is 2.90. The van der Waals surface area contributed by atoms with E-state index in [9.17, 15) is 15.0 Å². The Balaban J connectivity index is 0.000000588. The number of aliphatic hydroxyl groups is 1. The molecule has 0 aliphatic rings. The Bertz CT molecular complexity index is 1380. The van der Waals surface area contributed by atoms with Crippen LogP contribution in [0.1, 0.15) is 28.1 Å². The van der Waals surface area contributed by atoms with Gasteiger partial charge >= 0.3 is 10.4 Å². The summed E-state index contributed by atoms with van der Waals surface area (Å²) in [5, 5.41) is 29.8. The van der Waals surface area contributed by atoms with Gasteiger partial charge < -0.3 is 19.7 Å². The van der Waals surface area contributed by atoms with Crippen LogP contribution in [0.2, 0.25) is 0 Å². The first-order valence-corrected chi connectivity index (χ1v) is 11.5. The summed E-state index contributed by atoms with van der Waals surface area (Å²) in [6, 6.07) is 18.7. The molecule has 0 fully saturated rings. The number of benzene rings is 3. The fourth-order valence-electron chi connectivity index (χ4n) is 3.44. The van der Waals surface area contributed by atoms with Gasteiger partial charge in [-0.15, -0.1) is 0 Å². The number of aliphatic hydroxyl groups excluding tert-OH is 1. The summed E-state index contributed by atoms with van der Waals surface area (Å²) < 4.78 is 37.5. The molecule has 178 valence electrons. The molecule has 10 heteroatoms.